The van der Waals surface area contributed by atoms with E-state index in [0.29, 0.717) is 12.2 Å². The van der Waals surface area contributed by atoms with Crippen LogP contribution in [0, 0.1) is 11.2 Å². The van der Waals surface area contributed by atoms with E-state index in [9.17, 15) is 4.39 Å². The highest BCUT2D eigenvalue weighted by molar-refractivity contribution is 5.85. The fourth-order valence-electron chi connectivity index (χ4n) is 1.90. The lowest BCUT2D eigenvalue weighted by atomic mass is 9.86. The molecule has 0 unspecified atom stereocenters. The van der Waals surface area contributed by atoms with E-state index >= 15 is 0 Å². The molecule has 5 heteroatoms. The Morgan fingerprint density at radius 3 is 2.63 bits per heavy atom. The number of oxime groups is 1. The summed E-state index contributed by atoms with van der Waals surface area (Å²) in [7, 11) is 1.86. The summed E-state index contributed by atoms with van der Waals surface area (Å²) in [6, 6.07) is 6.69. The number of benzene rings is 1. The highest BCUT2D eigenvalue weighted by atomic mass is 19.1. The highest BCUT2D eigenvalue weighted by Gasteiger charge is 2.23. The number of hydrogen-bond acceptors (Lipinski definition) is 3. The predicted octanol–water partition coefficient (Wildman–Crippen LogP) is 2.81. The van der Waals surface area contributed by atoms with E-state index in [1.807, 2.05) is 31.9 Å². The van der Waals surface area contributed by atoms with Gasteiger partial charge in [-0.3, -0.25) is 0 Å². The number of hydrogen-bond donors (Lipinski definition) is 2. The van der Waals surface area contributed by atoms with E-state index in [-0.39, 0.29) is 17.1 Å². The van der Waals surface area contributed by atoms with Gasteiger partial charge in [-0.05, 0) is 25.0 Å². The Morgan fingerprint density at radius 2 is 2.05 bits per heavy atom. The molecule has 0 aliphatic carbocycles. The van der Waals surface area contributed by atoms with Crippen LogP contribution in [0.25, 0.3) is 0 Å². The Kier molecular flexibility index (Phi) is 5.15. The third-order valence-corrected chi connectivity index (χ3v) is 3.36. The Morgan fingerprint density at radius 1 is 1.42 bits per heavy atom. The zero-order chi connectivity index (χ0) is 14.5. The second kappa shape index (κ2) is 6.41. The molecule has 0 fully saturated rings. The van der Waals surface area contributed by atoms with Gasteiger partial charge in [0.2, 0.25) is 0 Å². The summed E-state index contributed by atoms with van der Waals surface area (Å²) in [6.07, 6.45) is 1.59. The number of para-hydroxylation sites is 1. The molecule has 19 heavy (non-hydrogen) atoms. The summed E-state index contributed by atoms with van der Waals surface area (Å²) in [5.41, 5.74) is 5.86. The molecule has 3 N–H and O–H groups in total. The first kappa shape index (κ1) is 15.3. The number of anilines is 1. The van der Waals surface area contributed by atoms with Crippen molar-refractivity contribution in [1.82, 2.24) is 0 Å². The van der Waals surface area contributed by atoms with E-state index in [1.54, 1.807) is 12.1 Å². The molecule has 0 heterocycles. The van der Waals surface area contributed by atoms with Crippen LogP contribution in [0.5, 0.6) is 0 Å². The van der Waals surface area contributed by atoms with Gasteiger partial charge in [0.15, 0.2) is 0 Å². The summed E-state index contributed by atoms with van der Waals surface area (Å²) < 4.78 is 13.6. The summed E-state index contributed by atoms with van der Waals surface area (Å²) in [5.74, 6) is 0.00161. The minimum Gasteiger partial charge on any atom is -0.409 e. The lowest BCUT2D eigenvalue weighted by Gasteiger charge is -2.25. The van der Waals surface area contributed by atoms with Crippen molar-refractivity contribution in [2.45, 2.75) is 26.7 Å². The van der Waals surface area contributed by atoms with Crippen LogP contribution in [-0.4, -0.2) is 24.6 Å². The van der Waals surface area contributed by atoms with Gasteiger partial charge in [-0.2, -0.15) is 0 Å². The molecule has 4 nitrogen and oxygen atoms in total. The third-order valence-electron chi connectivity index (χ3n) is 3.36. The monoisotopic (exact) mass is 267 g/mol. The van der Waals surface area contributed by atoms with Crippen molar-refractivity contribution in [2.75, 3.05) is 18.5 Å². The molecule has 0 aliphatic heterocycles. The molecule has 1 aromatic rings. The van der Waals surface area contributed by atoms with Crippen LogP contribution in [0.1, 0.15) is 26.7 Å². The molecule has 0 aromatic heterocycles. The third kappa shape index (κ3) is 4.12. The zero-order valence-corrected chi connectivity index (χ0v) is 11.7. The molecular formula is C14H22FN3O. The molecule has 106 valence electrons. The molecule has 0 bridgehead atoms. The second-order valence-corrected chi connectivity index (χ2v) is 5.35. The van der Waals surface area contributed by atoms with Crippen molar-refractivity contribution in [1.29, 1.82) is 0 Å². The molecule has 0 atom stereocenters. The zero-order valence-electron chi connectivity index (χ0n) is 11.7. The predicted molar refractivity (Wildman–Crippen MR) is 76.1 cm³/mol. The SMILES string of the molecule is CN(CCCC(C)(C)C(N)=NO)c1ccccc1F. The maximum Gasteiger partial charge on any atom is 0.146 e. The van der Waals surface area contributed by atoms with E-state index in [0.717, 1.165) is 12.8 Å². The van der Waals surface area contributed by atoms with Gasteiger partial charge < -0.3 is 15.8 Å². The maximum atomic E-state index is 13.6. The lowest BCUT2D eigenvalue weighted by molar-refractivity contribution is 0.305. The molecule has 1 rings (SSSR count). The summed E-state index contributed by atoms with van der Waals surface area (Å²) in [6.45, 7) is 4.55. The molecule has 0 aliphatic rings. The molecular weight excluding hydrogens is 245 g/mol. The first-order valence-corrected chi connectivity index (χ1v) is 6.32. The van der Waals surface area contributed by atoms with Crippen molar-refractivity contribution < 1.29 is 9.60 Å². The number of amidine groups is 1. The van der Waals surface area contributed by atoms with Gasteiger partial charge in [0.05, 0.1) is 5.69 Å². The van der Waals surface area contributed by atoms with E-state index in [4.69, 9.17) is 10.9 Å². The number of nitrogens with two attached hydrogens (primary N) is 1. The van der Waals surface area contributed by atoms with Gasteiger partial charge in [-0.25, -0.2) is 4.39 Å². The second-order valence-electron chi connectivity index (χ2n) is 5.35. The lowest BCUT2D eigenvalue weighted by Crippen LogP contribution is -2.33. The van der Waals surface area contributed by atoms with Crippen molar-refractivity contribution in [3.05, 3.63) is 30.1 Å². The number of nitrogens with zero attached hydrogens (tertiary/aromatic N) is 2. The first-order valence-electron chi connectivity index (χ1n) is 6.32. The number of rotatable bonds is 6. The Labute approximate surface area is 113 Å². The standard InChI is InChI=1S/C14H22FN3O/c1-14(2,13(16)17-19)9-6-10-18(3)12-8-5-4-7-11(12)15/h4-5,7-8,19H,6,9-10H2,1-3H3,(H2,16,17). The highest BCUT2D eigenvalue weighted by Crippen LogP contribution is 2.24. The average Bonchev–Trinajstić information content (AvgIpc) is 2.37. The van der Waals surface area contributed by atoms with E-state index < -0.39 is 0 Å². The van der Waals surface area contributed by atoms with Crippen LogP contribution in [0.4, 0.5) is 10.1 Å². The van der Waals surface area contributed by atoms with Crippen LogP contribution in [0.3, 0.4) is 0 Å². The normalized spacial score (nSPS) is 12.5. The molecule has 0 saturated heterocycles. The first-order chi connectivity index (χ1) is 8.88. The molecule has 0 amide bonds. The quantitative estimate of drug-likeness (QED) is 0.360. The van der Waals surface area contributed by atoms with Crippen LogP contribution in [0.15, 0.2) is 29.4 Å². The summed E-state index contributed by atoms with van der Waals surface area (Å²) >= 11 is 0. The number of halogens is 1. The van der Waals surface area contributed by atoms with Crippen LogP contribution < -0.4 is 10.6 Å². The van der Waals surface area contributed by atoms with Gasteiger partial charge in [-0.15, -0.1) is 0 Å². The van der Waals surface area contributed by atoms with Crippen molar-refractivity contribution >= 4 is 11.5 Å². The minimum atomic E-state index is -0.356. The smallest absolute Gasteiger partial charge is 0.146 e. The van der Waals surface area contributed by atoms with Crippen molar-refractivity contribution in [3.8, 4) is 0 Å². The van der Waals surface area contributed by atoms with Crippen molar-refractivity contribution in [2.24, 2.45) is 16.3 Å². The maximum absolute atomic E-state index is 13.6. The van der Waals surface area contributed by atoms with Gasteiger partial charge in [0.25, 0.3) is 0 Å². The van der Waals surface area contributed by atoms with Crippen LogP contribution in [0.2, 0.25) is 0 Å². The van der Waals surface area contributed by atoms with Crippen LogP contribution in [-0.2, 0) is 0 Å². The summed E-state index contributed by atoms with van der Waals surface area (Å²) in [5, 5.41) is 11.7. The molecule has 1 aromatic carbocycles. The Balaban J connectivity index is 2.52. The Bertz CT molecular complexity index is 446. The van der Waals surface area contributed by atoms with Crippen LogP contribution >= 0.6 is 0 Å². The molecule has 0 radical (unpaired) electrons. The van der Waals surface area contributed by atoms with Gasteiger partial charge >= 0.3 is 0 Å². The van der Waals surface area contributed by atoms with Crippen molar-refractivity contribution in [3.63, 3.8) is 0 Å². The van der Waals surface area contributed by atoms with E-state index in [1.165, 1.54) is 6.07 Å². The topological polar surface area (TPSA) is 61.8 Å². The molecule has 0 spiro atoms. The Hall–Kier alpha value is -1.78. The van der Waals surface area contributed by atoms with Gasteiger partial charge in [0.1, 0.15) is 11.7 Å². The van der Waals surface area contributed by atoms with E-state index in [2.05, 4.69) is 5.16 Å². The average molecular weight is 267 g/mol. The van der Waals surface area contributed by atoms with Gasteiger partial charge in [0, 0.05) is 19.0 Å². The van der Waals surface area contributed by atoms with Gasteiger partial charge in [-0.1, -0.05) is 31.1 Å². The minimum absolute atomic E-state index is 0.222. The largest absolute Gasteiger partial charge is 0.409 e. The molecule has 0 saturated carbocycles. The summed E-state index contributed by atoms with van der Waals surface area (Å²) in [4.78, 5) is 1.87. The fraction of sp³-hybridized carbons (Fsp3) is 0.500. The fourth-order valence-corrected chi connectivity index (χ4v) is 1.90.